The fourth-order valence-corrected chi connectivity index (χ4v) is 2.66. The number of carbonyl (C=O) groups excluding carboxylic acids is 1. The molecule has 2 N–H and O–H groups in total. The molecule has 0 aromatic rings. The summed E-state index contributed by atoms with van der Waals surface area (Å²) in [4.78, 5) is 12.1. The molecule has 112 valence electrons. The van der Waals surface area contributed by atoms with Gasteiger partial charge in [-0.1, -0.05) is 20.8 Å². The smallest absolute Gasteiger partial charge is 0.408 e. The maximum Gasteiger partial charge on any atom is 0.408 e. The van der Waals surface area contributed by atoms with Crippen LogP contribution in [0.5, 0.6) is 0 Å². The maximum atomic E-state index is 12.1. The Bertz CT molecular complexity index is 317. The van der Waals surface area contributed by atoms with Crippen LogP contribution in [0.1, 0.15) is 67.2 Å². The maximum absolute atomic E-state index is 12.1. The molecule has 0 aliphatic heterocycles. The number of carbonyl (C=O) groups is 1. The van der Waals surface area contributed by atoms with Crippen LogP contribution < -0.4 is 5.32 Å². The topological polar surface area (TPSA) is 58.6 Å². The Morgan fingerprint density at radius 1 is 1.16 bits per heavy atom. The van der Waals surface area contributed by atoms with E-state index in [1.165, 1.54) is 0 Å². The largest absolute Gasteiger partial charge is 0.444 e. The fourth-order valence-electron chi connectivity index (χ4n) is 2.66. The highest BCUT2D eigenvalue weighted by Gasteiger charge is 2.46. The van der Waals surface area contributed by atoms with E-state index in [-0.39, 0.29) is 23.2 Å². The first-order valence-electron chi connectivity index (χ1n) is 7.14. The van der Waals surface area contributed by atoms with E-state index < -0.39 is 5.60 Å². The van der Waals surface area contributed by atoms with E-state index in [9.17, 15) is 9.90 Å². The molecule has 0 aromatic heterocycles. The summed E-state index contributed by atoms with van der Waals surface area (Å²) in [5, 5.41) is 12.8. The number of ether oxygens (including phenoxy) is 1. The Kier molecular flexibility index (Phi) is 4.55. The molecular weight excluding hydrogens is 242 g/mol. The molecular formula is C15H29NO3. The number of amides is 1. The Morgan fingerprint density at radius 3 is 2.00 bits per heavy atom. The molecule has 0 radical (unpaired) electrons. The predicted octanol–water partition coefficient (Wildman–Crippen LogP) is 3.23. The molecule has 1 fully saturated rings. The van der Waals surface area contributed by atoms with E-state index in [0.29, 0.717) is 0 Å². The molecule has 0 atom stereocenters. The number of aliphatic hydroxyl groups excluding tert-OH is 1. The summed E-state index contributed by atoms with van der Waals surface area (Å²) in [5.41, 5.74) is -0.851. The van der Waals surface area contributed by atoms with Crippen LogP contribution in [-0.2, 0) is 4.74 Å². The molecule has 0 bridgehead atoms. The van der Waals surface area contributed by atoms with Crippen molar-refractivity contribution in [3.05, 3.63) is 0 Å². The molecule has 1 aliphatic carbocycles. The van der Waals surface area contributed by atoms with Gasteiger partial charge in [-0.2, -0.15) is 0 Å². The molecule has 0 spiro atoms. The lowest BCUT2D eigenvalue weighted by Gasteiger charge is -2.48. The highest BCUT2D eigenvalue weighted by Crippen LogP contribution is 2.42. The lowest BCUT2D eigenvalue weighted by molar-refractivity contribution is 0.00517. The monoisotopic (exact) mass is 271 g/mol. The van der Waals surface area contributed by atoms with Gasteiger partial charge in [0, 0.05) is 5.54 Å². The summed E-state index contributed by atoms with van der Waals surface area (Å²) in [7, 11) is 0. The zero-order valence-corrected chi connectivity index (χ0v) is 13.2. The highest BCUT2D eigenvalue weighted by molar-refractivity contribution is 5.69. The van der Waals surface area contributed by atoms with Crippen molar-refractivity contribution in [2.24, 2.45) is 5.41 Å². The van der Waals surface area contributed by atoms with Crippen molar-refractivity contribution in [3.8, 4) is 0 Å². The van der Waals surface area contributed by atoms with Gasteiger partial charge < -0.3 is 15.2 Å². The molecule has 1 aliphatic rings. The number of hydrogen-bond acceptors (Lipinski definition) is 3. The van der Waals surface area contributed by atoms with E-state index in [4.69, 9.17) is 4.74 Å². The molecule has 1 rings (SSSR count). The third-order valence-corrected chi connectivity index (χ3v) is 3.98. The summed E-state index contributed by atoms with van der Waals surface area (Å²) >= 11 is 0. The fraction of sp³-hybridized carbons (Fsp3) is 0.933. The second kappa shape index (κ2) is 5.31. The molecule has 0 saturated heterocycles. The average molecular weight is 271 g/mol. The van der Waals surface area contributed by atoms with E-state index in [2.05, 4.69) is 26.1 Å². The molecule has 0 heterocycles. The Morgan fingerprint density at radius 2 is 1.63 bits per heavy atom. The second-order valence-electron chi connectivity index (χ2n) is 7.69. The first-order chi connectivity index (χ1) is 8.45. The van der Waals surface area contributed by atoms with E-state index in [0.717, 1.165) is 25.7 Å². The zero-order valence-electron chi connectivity index (χ0n) is 13.2. The van der Waals surface area contributed by atoms with Crippen molar-refractivity contribution >= 4 is 6.09 Å². The number of alkyl carbamates (subject to hydrolysis) is 1. The van der Waals surface area contributed by atoms with E-state index in [1.54, 1.807) is 0 Å². The highest BCUT2D eigenvalue weighted by atomic mass is 16.6. The molecule has 1 amide bonds. The van der Waals surface area contributed by atoms with Crippen LogP contribution in [0.4, 0.5) is 4.79 Å². The Balaban J connectivity index is 2.80. The zero-order chi connectivity index (χ0) is 14.9. The van der Waals surface area contributed by atoms with Crippen molar-refractivity contribution in [1.29, 1.82) is 0 Å². The van der Waals surface area contributed by atoms with Gasteiger partial charge in [0.25, 0.3) is 0 Å². The van der Waals surface area contributed by atoms with Crippen molar-refractivity contribution in [2.75, 3.05) is 0 Å². The predicted molar refractivity (Wildman–Crippen MR) is 76.0 cm³/mol. The molecule has 4 heteroatoms. The third kappa shape index (κ3) is 4.37. The first-order valence-corrected chi connectivity index (χ1v) is 7.14. The minimum Gasteiger partial charge on any atom is -0.444 e. The lowest BCUT2D eigenvalue weighted by Crippen LogP contribution is -2.59. The standard InChI is InChI=1S/C15H29NO3/c1-13(2,3)15(9-7-11(17)8-10-15)16-12(18)19-14(4,5)6/h11,17H,7-10H2,1-6H3,(H,16,18). The SMILES string of the molecule is CC(C)(C)OC(=O)NC1(C(C)(C)C)CCC(O)CC1. The van der Waals surface area contributed by atoms with Crippen molar-refractivity contribution in [3.63, 3.8) is 0 Å². The van der Waals surface area contributed by atoms with Crippen LogP contribution in [0.25, 0.3) is 0 Å². The summed E-state index contributed by atoms with van der Waals surface area (Å²) in [6.07, 6.45) is 2.43. The van der Waals surface area contributed by atoms with Gasteiger partial charge in [-0.25, -0.2) is 4.79 Å². The summed E-state index contributed by atoms with van der Waals surface area (Å²) < 4.78 is 5.37. The normalized spacial score (nSPS) is 28.9. The molecule has 4 nitrogen and oxygen atoms in total. The van der Waals surface area contributed by atoms with Gasteiger partial charge in [0.05, 0.1) is 6.10 Å². The molecule has 19 heavy (non-hydrogen) atoms. The second-order valence-corrected chi connectivity index (χ2v) is 7.69. The first kappa shape index (κ1) is 16.3. The van der Waals surface area contributed by atoms with E-state index in [1.807, 2.05) is 20.8 Å². The number of nitrogens with one attached hydrogen (secondary N) is 1. The Labute approximate surface area is 116 Å². The number of aliphatic hydroxyl groups is 1. The third-order valence-electron chi connectivity index (χ3n) is 3.98. The number of rotatable bonds is 1. The van der Waals surface area contributed by atoms with Crippen LogP contribution in [0.15, 0.2) is 0 Å². The van der Waals surface area contributed by atoms with E-state index >= 15 is 0 Å². The van der Waals surface area contributed by atoms with Crippen LogP contribution >= 0.6 is 0 Å². The molecule has 1 saturated carbocycles. The summed E-state index contributed by atoms with van der Waals surface area (Å²) in [5.74, 6) is 0. The van der Waals surface area contributed by atoms with Crippen molar-refractivity contribution in [2.45, 2.75) is 84.5 Å². The summed E-state index contributed by atoms with van der Waals surface area (Å²) in [6.45, 7) is 12.0. The Hall–Kier alpha value is -0.770. The minimum atomic E-state index is -0.489. The molecule has 0 unspecified atom stereocenters. The van der Waals surface area contributed by atoms with Crippen LogP contribution in [0.3, 0.4) is 0 Å². The van der Waals surface area contributed by atoms with Gasteiger partial charge >= 0.3 is 6.09 Å². The van der Waals surface area contributed by atoms with Gasteiger partial charge in [-0.15, -0.1) is 0 Å². The summed E-state index contributed by atoms with van der Waals surface area (Å²) in [6, 6.07) is 0. The van der Waals surface area contributed by atoms with Crippen molar-refractivity contribution < 1.29 is 14.6 Å². The van der Waals surface area contributed by atoms with Crippen LogP contribution in [0.2, 0.25) is 0 Å². The quantitative estimate of drug-likeness (QED) is 0.769. The number of hydrogen-bond donors (Lipinski definition) is 2. The van der Waals surface area contributed by atoms with Crippen molar-refractivity contribution in [1.82, 2.24) is 5.32 Å². The van der Waals surface area contributed by atoms with Crippen LogP contribution in [0, 0.1) is 5.41 Å². The minimum absolute atomic E-state index is 0.0654. The molecule has 0 aromatic carbocycles. The van der Waals surface area contributed by atoms with Gasteiger partial charge in [-0.05, 0) is 51.9 Å². The van der Waals surface area contributed by atoms with Gasteiger partial charge in [0.2, 0.25) is 0 Å². The van der Waals surface area contributed by atoms with Gasteiger partial charge in [0.15, 0.2) is 0 Å². The van der Waals surface area contributed by atoms with Gasteiger partial charge in [0.1, 0.15) is 5.60 Å². The van der Waals surface area contributed by atoms with Crippen LogP contribution in [-0.4, -0.2) is 28.4 Å². The van der Waals surface area contributed by atoms with Gasteiger partial charge in [-0.3, -0.25) is 0 Å². The lowest BCUT2D eigenvalue weighted by atomic mass is 9.65. The average Bonchev–Trinajstić information content (AvgIpc) is 2.17.